The SMILES string of the molecule is CCC1(NC(=O)c2cnc(NC)c(Cl)c2)CCC1. The van der Waals surface area contributed by atoms with E-state index in [1.165, 1.54) is 6.42 Å². The van der Waals surface area contributed by atoms with Crippen molar-refractivity contribution in [3.05, 3.63) is 22.8 Å². The highest BCUT2D eigenvalue weighted by Crippen LogP contribution is 2.35. The zero-order valence-corrected chi connectivity index (χ0v) is 11.5. The molecule has 0 bridgehead atoms. The molecule has 0 radical (unpaired) electrons. The number of hydrogen-bond donors (Lipinski definition) is 2. The van der Waals surface area contributed by atoms with E-state index in [-0.39, 0.29) is 11.4 Å². The second-order valence-electron chi connectivity index (χ2n) is 4.75. The Bertz CT molecular complexity index is 452. The number of carbonyl (C=O) groups excluding carboxylic acids is 1. The molecular formula is C13H18ClN3O. The Hall–Kier alpha value is -1.29. The lowest BCUT2D eigenvalue weighted by Crippen LogP contribution is -2.53. The molecule has 2 N–H and O–H groups in total. The zero-order chi connectivity index (χ0) is 13.2. The summed E-state index contributed by atoms with van der Waals surface area (Å²) < 4.78 is 0. The predicted molar refractivity (Wildman–Crippen MR) is 73.1 cm³/mol. The Balaban J connectivity index is 2.11. The molecule has 4 nitrogen and oxygen atoms in total. The minimum absolute atomic E-state index is 0.00869. The average molecular weight is 268 g/mol. The van der Waals surface area contributed by atoms with E-state index < -0.39 is 0 Å². The number of carbonyl (C=O) groups is 1. The summed E-state index contributed by atoms with van der Waals surface area (Å²) in [6.07, 6.45) is 5.82. The number of rotatable bonds is 4. The molecule has 1 fully saturated rings. The summed E-state index contributed by atoms with van der Waals surface area (Å²) in [6.45, 7) is 2.11. The molecule has 1 saturated carbocycles. The number of anilines is 1. The maximum Gasteiger partial charge on any atom is 0.253 e. The Labute approximate surface area is 112 Å². The number of nitrogens with one attached hydrogen (secondary N) is 2. The molecule has 5 heteroatoms. The zero-order valence-electron chi connectivity index (χ0n) is 10.7. The van der Waals surface area contributed by atoms with Gasteiger partial charge in [-0.25, -0.2) is 4.98 Å². The molecule has 98 valence electrons. The standard InChI is InChI=1S/C13H18ClN3O/c1-3-13(5-4-6-13)17-12(18)9-7-10(14)11(15-2)16-8-9/h7-8H,3-6H2,1-2H3,(H,15,16)(H,17,18). The third-order valence-corrected chi connectivity index (χ3v) is 3.99. The summed E-state index contributed by atoms with van der Waals surface area (Å²) >= 11 is 6.02. The third kappa shape index (κ3) is 2.43. The van der Waals surface area contributed by atoms with Gasteiger partial charge in [-0.1, -0.05) is 18.5 Å². The van der Waals surface area contributed by atoms with Gasteiger partial charge in [-0.15, -0.1) is 0 Å². The minimum Gasteiger partial charge on any atom is -0.372 e. The van der Waals surface area contributed by atoms with Crippen LogP contribution in [-0.4, -0.2) is 23.5 Å². The number of halogens is 1. The van der Waals surface area contributed by atoms with Gasteiger partial charge in [0.15, 0.2) is 0 Å². The average Bonchev–Trinajstić information content (AvgIpc) is 2.33. The highest BCUT2D eigenvalue weighted by Gasteiger charge is 2.36. The van der Waals surface area contributed by atoms with Gasteiger partial charge in [-0.05, 0) is 31.7 Å². The van der Waals surface area contributed by atoms with Gasteiger partial charge in [-0.2, -0.15) is 0 Å². The largest absolute Gasteiger partial charge is 0.372 e. The van der Waals surface area contributed by atoms with Crippen LogP contribution < -0.4 is 10.6 Å². The van der Waals surface area contributed by atoms with Crippen molar-refractivity contribution < 1.29 is 4.79 Å². The molecule has 1 heterocycles. The monoisotopic (exact) mass is 267 g/mol. The molecule has 1 aromatic heterocycles. The first-order valence-electron chi connectivity index (χ1n) is 6.26. The van der Waals surface area contributed by atoms with Crippen molar-refractivity contribution in [2.75, 3.05) is 12.4 Å². The molecule has 0 spiro atoms. The highest BCUT2D eigenvalue weighted by atomic mass is 35.5. The summed E-state index contributed by atoms with van der Waals surface area (Å²) in [5.74, 6) is 0.496. The van der Waals surface area contributed by atoms with E-state index >= 15 is 0 Å². The van der Waals surface area contributed by atoms with Crippen LogP contribution in [0.1, 0.15) is 43.0 Å². The maximum atomic E-state index is 12.1. The second kappa shape index (κ2) is 5.14. The van der Waals surface area contributed by atoms with Crippen molar-refractivity contribution in [3.8, 4) is 0 Å². The van der Waals surface area contributed by atoms with Gasteiger partial charge in [0.1, 0.15) is 5.82 Å². The molecule has 18 heavy (non-hydrogen) atoms. The number of hydrogen-bond acceptors (Lipinski definition) is 3. The molecule has 1 aromatic rings. The van der Waals surface area contributed by atoms with E-state index in [9.17, 15) is 4.79 Å². The van der Waals surface area contributed by atoms with Crippen LogP contribution in [0.5, 0.6) is 0 Å². The number of aromatic nitrogens is 1. The normalized spacial score (nSPS) is 16.8. The molecule has 2 rings (SSSR count). The van der Waals surface area contributed by atoms with E-state index in [1.54, 1.807) is 19.3 Å². The van der Waals surface area contributed by atoms with Crippen LogP contribution in [0.3, 0.4) is 0 Å². The summed E-state index contributed by atoms with van der Waals surface area (Å²) in [6, 6.07) is 1.65. The molecule has 0 atom stereocenters. The van der Waals surface area contributed by atoms with Gasteiger partial charge in [-0.3, -0.25) is 4.79 Å². The van der Waals surface area contributed by atoms with Crippen LogP contribution in [0.2, 0.25) is 5.02 Å². The fourth-order valence-corrected chi connectivity index (χ4v) is 2.49. The van der Waals surface area contributed by atoms with E-state index in [0.717, 1.165) is 19.3 Å². The molecule has 1 aliphatic rings. The van der Waals surface area contributed by atoms with Gasteiger partial charge in [0.05, 0.1) is 10.6 Å². The van der Waals surface area contributed by atoms with Crippen molar-refractivity contribution >= 4 is 23.3 Å². The number of pyridine rings is 1. The maximum absolute atomic E-state index is 12.1. The molecular weight excluding hydrogens is 250 g/mol. The topological polar surface area (TPSA) is 54.0 Å². The summed E-state index contributed by atoms with van der Waals surface area (Å²) in [4.78, 5) is 16.2. The predicted octanol–water partition coefficient (Wildman–Crippen LogP) is 2.84. The molecule has 0 aromatic carbocycles. The summed E-state index contributed by atoms with van der Waals surface area (Å²) in [5, 5.41) is 6.43. The quantitative estimate of drug-likeness (QED) is 0.882. The van der Waals surface area contributed by atoms with Crippen molar-refractivity contribution in [2.45, 2.75) is 38.1 Å². The fourth-order valence-electron chi connectivity index (χ4n) is 2.23. The molecule has 0 saturated heterocycles. The first-order valence-corrected chi connectivity index (χ1v) is 6.64. The number of nitrogens with zero attached hydrogens (tertiary/aromatic N) is 1. The minimum atomic E-state index is -0.0893. The van der Waals surface area contributed by atoms with Gasteiger partial charge in [0.2, 0.25) is 0 Å². The molecule has 0 unspecified atom stereocenters. The second-order valence-corrected chi connectivity index (χ2v) is 5.15. The van der Waals surface area contributed by atoms with Crippen LogP contribution in [0.25, 0.3) is 0 Å². The molecule has 1 amide bonds. The number of amides is 1. The van der Waals surface area contributed by atoms with Gasteiger partial charge in [0, 0.05) is 18.8 Å². The third-order valence-electron chi connectivity index (χ3n) is 3.71. The first-order chi connectivity index (χ1) is 8.60. The van der Waals surface area contributed by atoms with E-state index in [2.05, 4.69) is 22.5 Å². The molecule has 1 aliphatic carbocycles. The smallest absolute Gasteiger partial charge is 0.253 e. The lowest BCUT2D eigenvalue weighted by atomic mass is 9.74. The van der Waals surface area contributed by atoms with Crippen LogP contribution in [0, 0.1) is 0 Å². The van der Waals surface area contributed by atoms with Gasteiger partial charge < -0.3 is 10.6 Å². The Morgan fingerprint density at radius 1 is 1.56 bits per heavy atom. The van der Waals surface area contributed by atoms with Gasteiger partial charge >= 0.3 is 0 Å². The van der Waals surface area contributed by atoms with E-state index in [0.29, 0.717) is 16.4 Å². The fraction of sp³-hybridized carbons (Fsp3) is 0.538. The van der Waals surface area contributed by atoms with Crippen LogP contribution in [0.4, 0.5) is 5.82 Å². The van der Waals surface area contributed by atoms with E-state index in [1.807, 2.05) is 0 Å². The lowest BCUT2D eigenvalue weighted by Gasteiger charge is -2.42. The van der Waals surface area contributed by atoms with Crippen LogP contribution >= 0.6 is 11.6 Å². The summed E-state index contributed by atoms with van der Waals surface area (Å²) in [5.41, 5.74) is 0.504. The Morgan fingerprint density at radius 2 is 2.28 bits per heavy atom. The molecule has 0 aliphatic heterocycles. The van der Waals surface area contributed by atoms with Gasteiger partial charge in [0.25, 0.3) is 5.91 Å². The van der Waals surface area contributed by atoms with Crippen molar-refractivity contribution in [1.29, 1.82) is 0 Å². The van der Waals surface area contributed by atoms with Crippen LogP contribution in [0.15, 0.2) is 12.3 Å². The Morgan fingerprint density at radius 3 is 2.72 bits per heavy atom. The van der Waals surface area contributed by atoms with Crippen molar-refractivity contribution in [1.82, 2.24) is 10.3 Å². The Kier molecular flexibility index (Phi) is 3.76. The van der Waals surface area contributed by atoms with Crippen molar-refractivity contribution in [3.63, 3.8) is 0 Å². The lowest BCUT2D eigenvalue weighted by molar-refractivity contribution is 0.0820. The highest BCUT2D eigenvalue weighted by molar-refractivity contribution is 6.33. The summed E-state index contributed by atoms with van der Waals surface area (Å²) in [7, 11) is 1.74. The first kappa shape index (κ1) is 13.1. The van der Waals surface area contributed by atoms with E-state index in [4.69, 9.17) is 11.6 Å². The van der Waals surface area contributed by atoms with Crippen molar-refractivity contribution in [2.24, 2.45) is 0 Å². The van der Waals surface area contributed by atoms with Crippen LogP contribution in [-0.2, 0) is 0 Å².